The van der Waals surface area contributed by atoms with Crippen molar-refractivity contribution >= 4 is 16.0 Å². The van der Waals surface area contributed by atoms with E-state index in [2.05, 4.69) is 0 Å². The first-order valence-electron chi connectivity index (χ1n) is 3.44. The zero-order valence-electron chi connectivity index (χ0n) is 7.46. The minimum atomic E-state index is 0.485. The Balaban J connectivity index is 3.56. The Morgan fingerprint density at radius 1 is 0.800 bits per heavy atom. The third kappa shape index (κ3) is 8.05. The summed E-state index contributed by atoms with van der Waals surface area (Å²) in [4.78, 5) is 0. The molecule has 0 aromatic rings. The second-order valence-electron chi connectivity index (χ2n) is 4.00. The summed E-state index contributed by atoms with van der Waals surface area (Å²) in [6, 6.07) is 0. The number of nitrogens with zero attached hydrogens (tertiary/aromatic N) is 2. The molecule has 0 aliphatic carbocycles. The fourth-order valence-corrected chi connectivity index (χ4v) is 0.515. The van der Waals surface area contributed by atoms with Gasteiger partial charge in [-0.25, -0.2) is 16.0 Å². The average molecular weight is 138 g/mol. The molecule has 0 heterocycles. The Bertz CT molecular complexity index is 87.3. The molecule has 2 nitrogen and oxygen atoms in total. The maximum atomic E-state index is 5.71. The van der Waals surface area contributed by atoms with E-state index in [9.17, 15) is 0 Å². The lowest BCUT2D eigenvalue weighted by atomic mass is 10.2. The second kappa shape index (κ2) is 2.97. The highest BCUT2D eigenvalue weighted by atomic mass is 15.3. The van der Waals surface area contributed by atoms with Crippen molar-refractivity contribution in [3.05, 3.63) is 0 Å². The Kier molecular flexibility index (Phi) is 2.99. The van der Waals surface area contributed by atoms with Gasteiger partial charge in [0.1, 0.15) is 0 Å². The van der Waals surface area contributed by atoms with Gasteiger partial charge in [0, 0.05) is 28.2 Å². The standard InChI is InChI=1S/C6H16B2N2/c1-9(2,7)5-6-10(3,4)8/h5-6H2,1-4H3. The molecule has 6 radical (unpaired) electrons. The van der Waals surface area contributed by atoms with E-state index in [0.29, 0.717) is 8.79 Å². The fourth-order valence-electron chi connectivity index (χ4n) is 0.515. The first-order chi connectivity index (χ1) is 4.21. The van der Waals surface area contributed by atoms with Gasteiger partial charge in [-0.05, 0) is 0 Å². The minimum absolute atomic E-state index is 0.485. The summed E-state index contributed by atoms with van der Waals surface area (Å²) in [6.07, 6.45) is 0. The van der Waals surface area contributed by atoms with Crippen LogP contribution in [0.3, 0.4) is 0 Å². The molecule has 0 unspecified atom stereocenters. The zero-order valence-corrected chi connectivity index (χ0v) is 7.46. The summed E-state index contributed by atoms with van der Waals surface area (Å²) >= 11 is 0. The van der Waals surface area contributed by atoms with Crippen molar-refractivity contribution in [1.82, 2.24) is 0 Å². The number of likely N-dealkylation sites (N-methyl/N-ethyl adjacent to an activating group) is 2. The molecule has 0 saturated carbocycles. The van der Waals surface area contributed by atoms with E-state index in [1.807, 2.05) is 28.2 Å². The van der Waals surface area contributed by atoms with Gasteiger partial charge in [-0.3, -0.25) is 0 Å². The van der Waals surface area contributed by atoms with Gasteiger partial charge in [-0.2, -0.15) is 0 Å². The predicted octanol–water partition coefficient (Wildman–Crippen LogP) is -0.694. The molecule has 0 amide bonds. The molecular weight excluding hydrogens is 122 g/mol. The molecule has 0 aromatic heterocycles. The van der Waals surface area contributed by atoms with Crippen molar-refractivity contribution in [3.8, 4) is 0 Å². The molecule has 0 fully saturated rings. The van der Waals surface area contributed by atoms with Crippen LogP contribution in [0.5, 0.6) is 0 Å². The van der Waals surface area contributed by atoms with Crippen LogP contribution in [0.2, 0.25) is 0 Å². The first-order valence-corrected chi connectivity index (χ1v) is 3.44. The van der Waals surface area contributed by atoms with Gasteiger partial charge >= 0.3 is 0 Å². The maximum Gasteiger partial charge on any atom is 0.0776 e. The van der Waals surface area contributed by atoms with Crippen LogP contribution in [0.1, 0.15) is 0 Å². The second-order valence-corrected chi connectivity index (χ2v) is 4.00. The van der Waals surface area contributed by atoms with Crippen LogP contribution in [0, 0.1) is 0 Å². The third-order valence-corrected chi connectivity index (χ3v) is 1.25. The summed E-state index contributed by atoms with van der Waals surface area (Å²) in [7, 11) is 19.2. The number of rotatable bonds is 3. The highest BCUT2D eigenvalue weighted by molar-refractivity contribution is 5.97. The van der Waals surface area contributed by atoms with Gasteiger partial charge in [0.15, 0.2) is 0 Å². The molecule has 0 saturated heterocycles. The SMILES string of the molecule is [B-][N+](C)(C)CC[N+]([B-])(C)C. The third-order valence-electron chi connectivity index (χ3n) is 1.25. The van der Waals surface area contributed by atoms with Crippen LogP contribution in [-0.2, 0) is 0 Å². The number of quaternary nitrogens is 2. The molecule has 0 aromatic carbocycles. The van der Waals surface area contributed by atoms with E-state index in [0.717, 1.165) is 13.1 Å². The van der Waals surface area contributed by atoms with Gasteiger partial charge in [-0.1, -0.05) is 0 Å². The molecular formula is C6H16B2N2. The van der Waals surface area contributed by atoms with E-state index >= 15 is 0 Å². The molecule has 10 heavy (non-hydrogen) atoms. The van der Waals surface area contributed by atoms with E-state index in [-0.39, 0.29) is 0 Å². The molecule has 0 N–H and O–H groups in total. The first kappa shape index (κ1) is 10.0. The quantitative estimate of drug-likeness (QED) is 0.452. The molecule has 0 spiro atoms. The van der Waals surface area contributed by atoms with Gasteiger partial charge in [0.05, 0.1) is 13.1 Å². The van der Waals surface area contributed by atoms with Gasteiger partial charge in [0.25, 0.3) is 0 Å². The van der Waals surface area contributed by atoms with Crippen LogP contribution in [0.15, 0.2) is 0 Å². The van der Waals surface area contributed by atoms with Gasteiger partial charge in [0.2, 0.25) is 0 Å². The molecule has 4 heteroatoms. The molecule has 0 aliphatic rings. The Morgan fingerprint density at radius 3 is 1.10 bits per heavy atom. The Labute approximate surface area is 66.9 Å². The number of hydrogen-bond acceptors (Lipinski definition) is 0. The van der Waals surface area contributed by atoms with Crippen molar-refractivity contribution < 1.29 is 8.79 Å². The normalized spacial score (nSPS) is 13.8. The van der Waals surface area contributed by atoms with E-state index < -0.39 is 0 Å². The summed E-state index contributed by atoms with van der Waals surface area (Å²) < 4.78 is 0.970. The molecule has 56 valence electrons. The number of hydrogen-bond donors (Lipinski definition) is 0. The van der Waals surface area contributed by atoms with Crippen LogP contribution < -0.4 is 0 Å². The zero-order chi connectivity index (χ0) is 8.41. The Hall–Kier alpha value is 0.0499. The monoisotopic (exact) mass is 138 g/mol. The molecule has 0 rings (SSSR count). The van der Waals surface area contributed by atoms with E-state index in [4.69, 9.17) is 16.0 Å². The molecule has 0 aliphatic heterocycles. The average Bonchev–Trinajstić information content (AvgIpc) is 1.57. The van der Waals surface area contributed by atoms with Crippen molar-refractivity contribution in [2.24, 2.45) is 0 Å². The van der Waals surface area contributed by atoms with Crippen LogP contribution in [-0.4, -0.2) is 66.0 Å². The van der Waals surface area contributed by atoms with Crippen LogP contribution in [0.25, 0.3) is 0 Å². The maximum absolute atomic E-state index is 5.71. The van der Waals surface area contributed by atoms with Gasteiger partial charge in [-0.15, -0.1) is 0 Å². The fraction of sp³-hybridized carbons (Fsp3) is 1.00. The summed E-state index contributed by atoms with van der Waals surface area (Å²) in [6.45, 7) is 1.78. The largest absolute Gasteiger partial charge is 0.588 e. The van der Waals surface area contributed by atoms with Crippen molar-refractivity contribution in [2.75, 3.05) is 41.3 Å². The van der Waals surface area contributed by atoms with Crippen molar-refractivity contribution in [2.45, 2.75) is 0 Å². The molecule has 0 atom stereocenters. The van der Waals surface area contributed by atoms with Crippen molar-refractivity contribution in [1.29, 1.82) is 0 Å². The van der Waals surface area contributed by atoms with E-state index in [1.165, 1.54) is 0 Å². The Morgan fingerprint density at radius 2 is 1.00 bits per heavy atom. The highest BCUT2D eigenvalue weighted by Gasteiger charge is 1.99. The van der Waals surface area contributed by atoms with Gasteiger partial charge < -0.3 is 8.79 Å². The highest BCUT2D eigenvalue weighted by Crippen LogP contribution is 1.93. The summed E-state index contributed by atoms with van der Waals surface area (Å²) in [5.74, 6) is 0. The lowest BCUT2D eigenvalue weighted by Crippen LogP contribution is -2.48. The van der Waals surface area contributed by atoms with E-state index in [1.54, 1.807) is 0 Å². The topological polar surface area (TPSA) is 0 Å². The lowest BCUT2D eigenvalue weighted by molar-refractivity contribution is -0.834. The summed E-state index contributed by atoms with van der Waals surface area (Å²) in [5, 5.41) is 0. The van der Waals surface area contributed by atoms with Crippen LogP contribution in [0.4, 0.5) is 0 Å². The smallest absolute Gasteiger partial charge is 0.0776 e. The molecule has 0 bridgehead atoms. The predicted molar refractivity (Wildman–Crippen MR) is 45.5 cm³/mol. The summed E-state index contributed by atoms with van der Waals surface area (Å²) in [5.41, 5.74) is 0. The minimum Gasteiger partial charge on any atom is -0.588 e. The lowest BCUT2D eigenvalue weighted by Gasteiger charge is -2.48. The van der Waals surface area contributed by atoms with Crippen molar-refractivity contribution in [3.63, 3.8) is 0 Å². The van der Waals surface area contributed by atoms with Crippen LogP contribution >= 0.6 is 0 Å².